The molecule has 2 bridgehead atoms. The second kappa shape index (κ2) is 41.2. The maximum Gasteiger partial charge on any atom is 0.258 e. The van der Waals surface area contributed by atoms with Crippen molar-refractivity contribution in [2.24, 2.45) is 21.1 Å². The van der Waals surface area contributed by atoms with Gasteiger partial charge in [-0.1, -0.05) is 0 Å². The molecule has 0 spiro atoms. The quantitative estimate of drug-likeness (QED) is 0.0376. The second-order valence-electron chi connectivity index (χ2n) is 24.1. The average Bonchev–Trinajstić information content (AvgIpc) is 1.73. The number of nitrogens with zero attached hydrogens (tertiary/aromatic N) is 19. The smallest absolute Gasteiger partial charge is 0.258 e. The van der Waals surface area contributed by atoms with E-state index < -0.39 is 82.8 Å². The second-order valence-corrected chi connectivity index (χ2v) is 29.4. The first kappa shape index (κ1) is 91.8. The maximum absolute atomic E-state index is 14.8. The van der Waals surface area contributed by atoms with Gasteiger partial charge in [0.2, 0.25) is 0 Å². The third-order valence-electron chi connectivity index (χ3n) is 15.6. The van der Waals surface area contributed by atoms with Crippen LogP contribution in [0.5, 0.6) is 17.6 Å². The number of benzene rings is 4. The predicted molar refractivity (Wildman–Crippen MR) is 432 cm³/mol. The lowest BCUT2D eigenvalue weighted by Crippen LogP contribution is -2.29. The number of nitriles is 3. The van der Waals surface area contributed by atoms with Crippen LogP contribution in [0.2, 0.25) is 0 Å². The fourth-order valence-corrected chi connectivity index (χ4v) is 13.1. The molecule has 10 N–H and O–H groups in total. The van der Waals surface area contributed by atoms with Crippen LogP contribution in [0.15, 0.2) is 104 Å². The van der Waals surface area contributed by atoms with E-state index in [-0.39, 0.29) is 94.5 Å². The lowest BCUT2D eigenvalue weighted by molar-refractivity contribution is 0.0765. The van der Waals surface area contributed by atoms with E-state index in [9.17, 15) is 50.0 Å². The summed E-state index contributed by atoms with van der Waals surface area (Å²) in [7, 11) is 9.68. The van der Waals surface area contributed by atoms with Crippen LogP contribution in [0.1, 0.15) is 129 Å². The molecule has 0 fully saturated rings. The lowest BCUT2D eigenvalue weighted by Gasteiger charge is -2.23. The number of fused-ring (bicyclic) bond motifs is 5. The van der Waals surface area contributed by atoms with Crippen molar-refractivity contribution >= 4 is 144 Å². The van der Waals surface area contributed by atoms with Crippen LogP contribution in [-0.2, 0) is 40.8 Å². The summed E-state index contributed by atoms with van der Waals surface area (Å²) in [6, 6.07) is 16.7. The van der Waals surface area contributed by atoms with Gasteiger partial charge in [-0.15, -0.1) is 0 Å². The van der Waals surface area contributed by atoms with Crippen molar-refractivity contribution in [1.82, 2.24) is 84.3 Å². The van der Waals surface area contributed by atoms with E-state index in [1.54, 1.807) is 90.2 Å². The minimum Gasteiger partial charge on any atom is -0.467 e. The Morgan fingerprint density at radius 2 is 1.10 bits per heavy atom. The van der Waals surface area contributed by atoms with Gasteiger partial charge in [0.05, 0.1) is 90.6 Å². The highest BCUT2D eigenvalue weighted by atomic mass is 127. The highest BCUT2D eigenvalue weighted by Gasteiger charge is 2.32. The largest absolute Gasteiger partial charge is 0.467 e. The molecule has 0 unspecified atom stereocenters. The number of hydrogen-bond donors (Lipinski definition) is 6. The molecule has 2 amide bonds. The first-order valence-corrected chi connectivity index (χ1v) is 38.1. The number of anilines is 4. The Labute approximate surface area is 711 Å². The summed E-state index contributed by atoms with van der Waals surface area (Å²) in [4.78, 5) is 60.7. The number of aliphatic hydroxyl groups excluding tert-OH is 1. The van der Waals surface area contributed by atoms with Crippen molar-refractivity contribution in [2.75, 3.05) is 44.1 Å². The summed E-state index contributed by atoms with van der Waals surface area (Å²) in [5.74, 6) is -7.42. The Morgan fingerprint density at radius 1 is 0.626 bits per heavy atom. The Hall–Kier alpha value is -10.4. The molecule has 0 radical (unpaired) electrons. The Kier molecular flexibility index (Phi) is 32.9. The molecule has 1 aliphatic heterocycles. The van der Waals surface area contributed by atoms with Crippen LogP contribution < -0.4 is 42.5 Å². The molecule has 44 heteroatoms. The minimum absolute atomic E-state index is 0.000449. The third-order valence-corrected chi connectivity index (χ3v) is 19.7. The van der Waals surface area contributed by atoms with Crippen molar-refractivity contribution in [3.63, 3.8) is 0 Å². The Balaban J connectivity index is 0.000000203. The van der Waals surface area contributed by atoms with Crippen LogP contribution in [0.4, 0.5) is 58.4 Å². The number of nitrogens with one attached hydrogen (secondary N) is 1. The summed E-state index contributed by atoms with van der Waals surface area (Å²) in [5.41, 5.74) is 26.0. The molecular weight excluding hydrogens is 2010 g/mol. The molecule has 0 saturated heterocycles. The fraction of sp³-hybridized carbons (Fsp3) is 0.239. The van der Waals surface area contributed by atoms with E-state index in [0.29, 0.717) is 76.8 Å². The summed E-state index contributed by atoms with van der Waals surface area (Å²) in [5, 5.41) is 51.9. The van der Waals surface area contributed by atoms with Gasteiger partial charge < -0.3 is 57.4 Å². The maximum atomic E-state index is 14.8. The van der Waals surface area contributed by atoms with Gasteiger partial charge in [-0.2, -0.15) is 31.1 Å². The Bertz CT molecular complexity index is 5560. The summed E-state index contributed by atoms with van der Waals surface area (Å²) in [6.45, 7) is 6.79. The van der Waals surface area contributed by atoms with Gasteiger partial charge in [0.1, 0.15) is 119 Å². The van der Waals surface area contributed by atoms with Crippen LogP contribution in [0.3, 0.4) is 0 Å². The highest BCUT2D eigenvalue weighted by molar-refractivity contribution is 14.1. The minimum atomic E-state index is -1.04. The van der Waals surface area contributed by atoms with Gasteiger partial charge in [-0.3, -0.25) is 23.6 Å². The number of halogens is 14. The molecule has 602 valence electrons. The molecule has 0 saturated carbocycles. The number of rotatable bonds is 12. The Morgan fingerprint density at radius 3 is 1.61 bits per heavy atom. The molecule has 4 atom stereocenters. The van der Waals surface area contributed by atoms with Gasteiger partial charge in [-0.25, -0.2) is 75.0 Å². The summed E-state index contributed by atoms with van der Waals surface area (Å²) in [6.07, 6.45) is 2.27. The molecule has 8 heterocycles. The van der Waals surface area contributed by atoms with Crippen LogP contribution >= 0.6 is 109 Å². The molecule has 4 aromatic carbocycles. The van der Waals surface area contributed by atoms with Gasteiger partial charge >= 0.3 is 0 Å². The molecule has 0 aliphatic carbocycles. The molecule has 115 heavy (non-hydrogen) atoms. The van der Waals surface area contributed by atoms with Gasteiger partial charge in [-0.05, 0) is 186 Å². The van der Waals surface area contributed by atoms with E-state index in [0.717, 1.165) is 36.0 Å². The third kappa shape index (κ3) is 24.1. The van der Waals surface area contributed by atoms with E-state index in [2.05, 4.69) is 130 Å². The van der Waals surface area contributed by atoms with E-state index in [4.69, 9.17) is 52.8 Å². The molecule has 30 nitrogen and oxygen atoms in total. The number of aromatic nitrogens is 14. The van der Waals surface area contributed by atoms with Crippen molar-refractivity contribution in [3.05, 3.63) is 225 Å². The SMILES string of the molecule is CNCc1cc(C#N)n(C)n1.C[C@@H](O)c1cc(F)cc(F)c1I.C[C@@H](Oc1nc(Br)cnc1N)c1cc(F)cc(F)c1C(=O)N(C)Cc1cc(C#N)n(C)n1.C[C@@H](Oc1nc(Br)cnc1N)c1cc(F)cc(F)c1I.C[C@H]1Oc2nc(cnc2N)-c2c(nn(C)c2C#N)CN(C)C(=O)c2c(F)cc(F)cc21.Nc1ncc(Br)nc1Br. The van der Waals surface area contributed by atoms with Crippen molar-refractivity contribution < 1.29 is 64.0 Å². The molecule has 7 aromatic heterocycles. The average molecular weight is 2070 g/mol. The van der Waals surface area contributed by atoms with Crippen LogP contribution in [-0.4, -0.2) is 117 Å². The number of hydrogen-bond acceptors (Lipinski definition) is 25. The number of nitrogen functional groups attached to an aromatic ring is 4. The zero-order chi connectivity index (χ0) is 85.3. The zero-order valence-corrected chi connectivity index (χ0v) is 72.3. The van der Waals surface area contributed by atoms with Gasteiger partial charge in [0, 0.05) is 82.7 Å². The number of aryl methyl sites for hydroxylation is 3. The molecule has 11 aromatic rings. The van der Waals surface area contributed by atoms with E-state index in [1.807, 2.05) is 19.2 Å². The van der Waals surface area contributed by atoms with E-state index in [1.165, 1.54) is 84.8 Å². The molecule has 12 rings (SSSR count). The first-order chi connectivity index (χ1) is 54.2. The van der Waals surface area contributed by atoms with E-state index >= 15 is 0 Å². The number of ether oxygens (including phenoxy) is 3. The number of nitrogens with two attached hydrogens (primary N) is 4. The zero-order valence-electron chi connectivity index (χ0n) is 61.6. The predicted octanol–water partition coefficient (Wildman–Crippen LogP) is 13.5. The standard InChI is InChI=1S/C20H18BrF2N7O2.C20H17F2N7O2.C12H9BrF2IN3O.C8H7F2IO.C7H10N4.C4H3Br2N3/c1-10(32-19-18(25)26-8-16(21)27-19)14-4-11(22)5-15(23)17(14)20(31)29(2)9-12-6-13(7-24)30(3)28-12;1-9-11-4-10(21)5-12(22)16(11)20(30)28(2)8-14-17(15(6-23)29(3)27-14)13-7-25-18(24)19(26-13)31-9;1-5(7-2-6(14)3-8(15)10(7)16)20-12-11(17)18-4-9(13)19-12;1-4(12)6-2-5(9)3-7(10)8(6)11;1-9-5-6-3-7(4-8)11(2)10-6;5-2-1-8-4(7)3(6)9-2/h4-6,8,10H,9H2,1-3H3,(H2,25,26);4-5,7,9H,8H2,1-3H3,(H2,24,25);2-5H,1H3,(H2,17,18);2-4,12H,1H3;3,9H,5H2,1-2H3;1H,(H2,7,8)/t10-;9-;5-;4-;;/m1111../s1. The highest BCUT2D eigenvalue weighted by Crippen LogP contribution is 2.37. The topological polar surface area (TPSA) is 433 Å². The number of amides is 2. The number of carbonyl (C=O) groups excluding carboxylic acids is 2. The number of carbonyl (C=O) groups is 2. The summed E-state index contributed by atoms with van der Waals surface area (Å²) >= 11 is 16.1. The lowest BCUT2D eigenvalue weighted by atomic mass is 10.0. The monoisotopic (exact) mass is 2070 g/mol. The normalized spacial score (nSPS) is 12.7. The summed E-state index contributed by atoms with van der Waals surface area (Å²) < 4.78 is 134. The van der Waals surface area contributed by atoms with Gasteiger partial charge in [0.25, 0.3) is 29.5 Å². The van der Waals surface area contributed by atoms with Crippen molar-refractivity contribution in [2.45, 2.75) is 71.7 Å². The van der Waals surface area contributed by atoms with Crippen molar-refractivity contribution in [1.29, 1.82) is 15.8 Å². The molecule has 1 aliphatic rings. The fourth-order valence-electron chi connectivity index (χ4n) is 10.3. The van der Waals surface area contributed by atoms with Crippen LogP contribution in [0, 0.1) is 87.7 Å². The first-order valence-electron chi connectivity index (χ1n) is 32.7. The van der Waals surface area contributed by atoms with Gasteiger partial charge in [0.15, 0.2) is 23.3 Å². The molecular formula is C71H64Br4F8I2N24O6. The van der Waals surface area contributed by atoms with Crippen LogP contribution in [0.25, 0.3) is 11.3 Å². The van der Waals surface area contributed by atoms with Crippen molar-refractivity contribution in [3.8, 4) is 47.1 Å². The number of aliphatic hydroxyl groups is 1.